The van der Waals surface area contributed by atoms with Crippen molar-refractivity contribution in [2.45, 2.75) is 25.4 Å². The van der Waals surface area contributed by atoms with E-state index in [4.69, 9.17) is 9.47 Å². The first kappa shape index (κ1) is 21.8. The zero-order valence-electron chi connectivity index (χ0n) is 18.5. The minimum Gasteiger partial charge on any atom is -0.493 e. The first-order valence-electron chi connectivity index (χ1n) is 11.0. The minimum absolute atomic E-state index is 0.385. The van der Waals surface area contributed by atoms with Crippen molar-refractivity contribution in [2.24, 2.45) is 0 Å². The van der Waals surface area contributed by atoms with E-state index < -0.39 is 0 Å². The second-order valence-electron chi connectivity index (χ2n) is 7.94. The molecule has 1 saturated heterocycles. The molecule has 3 aromatic rings. The Kier molecular flexibility index (Phi) is 7.35. The Morgan fingerprint density at radius 1 is 1.03 bits per heavy atom. The van der Waals surface area contributed by atoms with Crippen molar-refractivity contribution >= 4 is 5.95 Å². The lowest BCUT2D eigenvalue weighted by atomic mass is 10.0. The summed E-state index contributed by atoms with van der Waals surface area (Å²) in [6.07, 6.45) is 7.62. The molecule has 2 heterocycles. The molecule has 1 aliphatic rings. The normalized spacial score (nSPS) is 14.7. The number of nitrogens with zero attached hydrogens (tertiary/aromatic N) is 3. The van der Waals surface area contributed by atoms with Crippen molar-refractivity contribution in [3.63, 3.8) is 0 Å². The molecule has 6 nitrogen and oxygen atoms in total. The van der Waals surface area contributed by atoms with Crippen LogP contribution in [0.5, 0.6) is 11.5 Å². The summed E-state index contributed by atoms with van der Waals surface area (Å²) in [5, 5.41) is 3.50. The molecule has 4 rings (SSSR count). The van der Waals surface area contributed by atoms with Gasteiger partial charge in [0.2, 0.25) is 5.95 Å². The Morgan fingerprint density at radius 2 is 1.78 bits per heavy atom. The van der Waals surface area contributed by atoms with E-state index in [2.05, 4.69) is 51.0 Å². The average molecular weight is 431 g/mol. The molecule has 1 aromatic heterocycles. The topological polar surface area (TPSA) is 59.5 Å². The van der Waals surface area contributed by atoms with Gasteiger partial charge in [0.1, 0.15) is 6.61 Å². The molecule has 0 atom stereocenters. The minimum atomic E-state index is 0.385. The molecular formula is C26H30N4O2. The molecule has 32 heavy (non-hydrogen) atoms. The van der Waals surface area contributed by atoms with Gasteiger partial charge in [0.25, 0.3) is 0 Å². The van der Waals surface area contributed by atoms with E-state index >= 15 is 0 Å². The van der Waals surface area contributed by atoms with Crippen molar-refractivity contribution in [1.29, 1.82) is 0 Å². The number of anilines is 1. The number of hydrogen-bond donors (Lipinski definition) is 1. The molecule has 6 heteroatoms. The Morgan fingerprint density at radius 3 is 2.47 bits per heavy atom. The monoisotopic (exact) mass is 430 g/mol. The van der Waals surface area contributed by atoms with Gasteiger partial charge >= 0.3 is 0 Å². The summed E-state index contributed by atoms with van der Waals surface area (Å²) in [4.78, 5) is 11.5. The van der Waals surface area contributed by atoms with Gasteiger partial charge in [-0.3, -0.25) is 4.90 Å². The maximum atomic E-state index is 5.74. The largest absolute Gasteiger partial charge is 0.493 e. The van der Waals surface area contributed by atoms with Crippen LogP contribution in [0.25, 0.3) is 11.1 Å². The molecule has 1 fully saturated rings. The number of benzene rings is 2. The molecule has 1 aliphatic heterocycles. The third-order valence-electron chi connectivity index (χ3n) is 5.67. The van der Waals surface area contributed by atoms with Crippen molar-refractivity contribution in [3.8, 4) is 22.6 Å². The maximum Gasteiger partial charge on any atom is 0.222 e. The number of rotatable bonds is 9. The van der Waals surface area contributed by atoms with Crippen LogP contribution in [-0.2, 0) is 6.54 Å². The molecule has 0 saturated carbocycles. The second-order valence-corrected chi connectivity index (χ2v) is 7.94. The van der Waals surface area contributed by atoms with E-state index in [0.29, 0.717) is 18.6 Å². The molecule has 0 amide bonds. The van der Waals surface area contributed by atoms with Crippen LogP contribution in [0, 0.1) is 0 Å². The fraction of sp³-hybridized carbons (Fsp3) is 0.308. The van der Waals surface area contributed by atoms with Crippen molar-refractivity contribution in [2.75, 3.05) is 32.1 Å². The van der Waals surface area contributed by atoms with Crippen LogP contribution in [0.1, 0.15) is 18.4 Å². The van der Waals surface area contributed by atoms with E-state index in [1.54, 1.807) is 13.2 Å². The van der Waals surface area contributed by atoms with Crippen LogP contribution >= 0.6 is 0 Å². The summed E-state index contributed by atoms with van der Waals surface area (Å²) in [5.74, 6) is 2.21. The predicted octanol–water partition coefficient (Wildman–Crippen LogP) is 4.79. The van der Waals surface area contributed by atoms with Gasteiger partial charge in [0.15, 0.2) is 11.5 Å². The Bertz CT molecular complexity index is 1000. The Labute approximate surface area is 189 Å². The SMILES string of the molecule is C=CCOc1cc(CN2CCC(Nc3ncc(-c4ccccc4)cn3)CC2)ccc1OC. The van der Waals surface area contributed by atoms with Gasteiger partial charge in [-0.15, -0.1) is 0 Å². The van der Waals surface area contributed by atoms with Gasteiger partial charge in [-0.2, -0.15) is 0 Å². The molecular weight excluding hydrogens is 400 g/mol. The first-order valence-corrected chi connectivity index (χ1v) is 11.0. The summed E-state index contributed by atoms with van der Waals surface area (Å²) in [7, 11) is 1.66. The number of aromatic nitrogens is 2. The number of methoxy groups -OCH3 is 1. The van der Waals surface area contributed by atoms with Gasteiger partial charge in [0, 0.05) is 43.6 Å². The van der Waals surface area contributed by atoms with E-state index in [0.717, 1.165) is 55.1 Å². The third-order valence-corrected chi connectivity index (χ3v) is 5.67. The van der Waals surface area contributed by atoms with Gasteiger partial charge in [-0.05, 0) is 36.1 Å². The molecule has 166 valence electrons. The van der Waals surface area contributed by atoms with Crippen molar-refractivity contribution in [3.05, 3.63) is 79.1 Å². The Balaban J connectivity index is 1.28. The highest BCUT2D eigenvalue weighted by Gasteiger charge is 2.20. The molecule has 0 spiro atoms. The fourth-order valence-corrected chi connectivity index (χ4v) is 3.94. The van der Waals surface area contributed by atoms with E-state index in [9.17, 15) is 0 Å². The maximum absolute atomic E-state index is 5.74. The Hall–Kier alpha value is -3.38. The lowest BCUT2D eigenvalue weighted by Gasteiger charge is -2.32. The number of nitrogens with one attached hydrogen (secondary N) is 1. The lowest BCUT2D eigenvalue weighted by molar-refractivity contribution is 0.210. The van der Waals surface area contributed by atoms with Gasteiger partial charge in [-0.1, -0.05) is 49.1 Å². The highest BCUT2D eigenvalue weighted by molar-refractivity contribution is 5.61. The van der Waals surface area contributed by atoms with Crippen LogP contribution in [0.4, 0.5) is 5.95 Å². The predicted molar refractivity (Wildman–Crippen MR) is 128 cm³/mol. The van der Waals surface area contributed by atoms with Crippen molar-refractivity contribution < 1.29 is 9.47 Å². The number of hydrogen-bond acceptors (Lipinski definition) is 6. The molecule has 0 radical (unpaired) electrons. The first-order chi connectivity index (χ1) is 15.7. The van der Waals surface area contributed by atoms with E-state index in [1.807, 2.05) is 36.7 Å². The van der Waals surface area contributed by atoms with Gasteiger partial charge in [0.05, 0.1) is 7.11 Å². The smallest absolute Gasteiger partial charge is 0.222 e. The highest BCUT2D eigenvalue weighted by Crippen LogP contribution is 2.29. The molecule has 2 aromatic carbocycles. The molecule has 0 bridgehead atoms. The molecule has 0 unspecified atom stereocenters. The standard InChI is InChI=1S/C26H30N4O2/c1-3-15-32-25-16-20(9-10-24(25)31-2)19-30-13-11-23(12-14-30)29-26-27-17-22(18-28-26)21-7-5-4-6-8-21/h3-10,16-18,23H,1,11-15,19H2,2H3,(H,27,28,29). The summed E-state index contributed by atoms with van der Waals surface area (Å²) in [6.45, 7) is 7.11. The molecule has 0 aliphatic carbocycles. The van der Waals surface area contributed by atoms with Crippen LogP contribution in [-0.4, -0.2) is 47.7 Å². The van der Waals surface area contributed by atoms with Crippen LogP contribution < -0.4 is 14.8 Å². The summed E-state index contributed by atoms with van der Waals surface area (Å²) in [6, 6.07) is 16.7. The zero-order chi connectivity index (χ0) is 22.2. The van der Waals surface area contributed by atoms with Crippen LogP contribution in [0.2, 0.25) is 0 Å². The summed E-state index contributed by atoms with van der Waals surface area (Å²) >= 11 is 0. The number of likely N-dealkylation sites (tertiary alicyclic amines) is 1. The number of piperidine rings is 1. The van der Waals surface area contributed by atoms with Crippen LogP contribution in [0.3, 0.4) is 0 Å². The van der Waals surface area contributed by atoms with Crippen LogP contribution in [0.15, 0.2) is 73.6 Å². The summed E-state index contributed by atoms with van der Waals surface area (Å²) in [5.41, 5.74) is 3.38. The van der Waals surface area contributed by atoms with Gasteiger partial charge < -0.3 is 14.8 Å². The highest BCUT2D eigenvalue weighted by atomic mass is 16.5. The molecule has 1 N–H and O–H groups in total. The van der Waals surface area contributed by atoms with Gasteiger partial charge in [-0.25, -0.2) is 9.97 Å². The number of ether oxygens (including phenoxy) is 2. The van der Waals surface area contributed by atoms with E-state index in [-0.39, 0.29) is 0 Å². The lowest BCUT2D eigenvalue weighted by Crippen LogP contribution is -2.38. The second kappa shape index (κ2) is 10.8. The average Bonchev–Trinajstić information content (AvgIpc) is 2.85. The summed E-state index contributed by atoms with van der Waals surface area (Å²) < 4.78 is 11.1. The van der Waals surface area contributed by atoms with E-state index in [1.165, 1.54) is 5.56 Å². The third kappa shape index (κ3) is 5.65. The quantitative estimate of drug-likeness (QED) is 0.493. The van der Waals surface area contributed by atoms with Crippen molar-refractivity contribution in [1.82, 2.24) is 14.9 Å². The zero-order valence-corrected chi connectivity index (χ0v) is 18.5. The fourth-order valence-electron chi connectivity index (χ4n) is 3.94.